The third-order valence-corrected chi connectivity index (χ3v) is 4.46. The molecule has 1 aromatic rings. The number of rotatable bonds is 3. The molecule has 1 aromatic carbocycles. The van der Waals surface area contributed by atoms with Crippen LogP contribution in [0.5, 0.6) is 0 Å². The number of carbonyl (C=O) groups is 2. The smallest absolute Gasteiger partial charge is 0.329 e. The molecule has 3 rings (SSSR count). The van der Waals surface area contributed by atoms with Gasteiger partial charge in [0.15, 0.2) is 0 Å². The molecule has 0 aromatic heterocycles. The van der Waals surface area contributed by atoms with Crippen LogP contribution >= 0.6 is 0 Å². The summed E-state index contributed by atoms with van der Waals surface area (Å²) in [5.41, 5.74) is 3.35. The normalized spacial score (nSPS) is 22.7. The van der Waals surface area contributed by atoms with Crippen LogP contribution in [0.1, 0.15) is 6.42 Å². The largest absolute Gasteiger partial charge is 0.335 e. The van der Waals surface area contributed by atoms with Gasteiger partial charge in [-0.05, 0) is 18.2 Å². The fourth-order valence-corrected chi connectivity index (χ4v) is 3.06. The Balaban J connectivity index is 1.51. The van der Waals surface area contributed by atoms with Gasteiger partial charge in [-0.2, -0.15) is 0 Å². The minimum atomic E-state index is -0.383. The molecule has 0 bridgehead atoms. The Morgan fingerprint density at radius 1 is 1.33 bits per heavy atom. The van der Waals surface area contributed by atoms with Crippen molar-refractivity contribution < 1.29 is 18.9 Å². The molecule has 2 aliphatic heterocycles. The topological polar surface area (TPSA) is 69.1 Å². The van der Waals surface area contributed by atoms with Gasteiger partial charge >= 0.3 is 6.03 Å². The predicted octanol–water partition coefficient (Wildman–Crippen LogP) is -1.02. The first kappa shape index (κ1) is 16.7. The van der Waals surface area contributed by atoms with Crippen molar-refractivity contribution in [3.8, 4) is 0 Å². The maximum Gasteiger partial charge on any atom is 0.329 e. The Labute approximate surface area is 140 Å². The lowest BCUT2D eigenvalue weighted by molar-refractivity contribution is -0.884. The quantitative estimate of drug-likeness (QED) is 0.662. The lowest BCUT2D eigenvalue weighted by atomic mass is 10.2. The molecule has 24 heavy (non-hydrogen) atoms. The van der Waals surface area contributed by atoms with Crippen molar-refractivity contribution in [2.24, 2.45) is 0 Å². The molecule has 2 aliphatic rings. The number of piperazine rings is 1. The molecule has 3 amide bonds. The van der Waals surface area contributed by atoms with Crippen molar-refractivity contribution in [3.63, 3.8) is 0 Å². The highest BCUT2D eigenvalue weighted by atomic mass is 19.1. The van der Waals surface area contributed by atoms with Crippen LogP contribution in [0.4, 0.5) is 14.9 Å². The van der Waals surface area contributed by atoms with Gasteiger partial charge in [0.2, 0.25) is 5.91 Å². The number of nitrogens with zero attached hydrogens (tertiary/aromatic N) is 2. The summed E-state index contributed by atoms with van der Waals surface area (Å²) in [6.07, 6.45) is 0.219. The number of amides is 3. The van der Waals surface area contributed by atoms with Gasteiger partial charge in [0.25, 0.3) is 0 Å². The van der Waals surface area contributed by atoms with E-state index in [9.17, 15) is 14.0 Å². The number of carbonyl (C=O) groups excluding carboxylic acids is 2. The standard InChI is InChI=1S/C16H22FN5O2/c1-20-5-7-21(8-6-20)19-16(24)18-13-10-15(23)22(11-13)14-4-2-3-12(17)9-14/h2-4,9,13H,5-8,10-11H2,1H3,(H2,18,19,24)/p+1/t13-/m1/s1. The Bertz CT molecular complexity index is 618. The molecule has 2 saturated heterocycles. The first-order chi connectivity index (χ1) is 11.5. The average molecular weight is 336 g/mol. The van der Waals surface area contributed by atoms with Gasteiger partial charge in [-0.25, -0.2) is 14.2 Å². The summed E-state index contributed by atoms with van der Waals surface area (Å²) in [7, 11) is 2.13. The Hall–Kier alpha value is -2.19. The lowest BCUT2D eigenvalue weighted by Crippen LogP contribution is -3.12. The molecule has 130 valence electrons. The second-order valence-corrected chi connectivity index (χ2v) is 6.41. The molecular formula is C16H23FN5O2+. The van der Waals surface area contributed by atoms with Gasteiger partial charge in [-0.1, -0.05) is 6.07 Å². The summed E-state index contributed by atoms with van der Waals surface area (Å²) in [5, 5.41) is 4.72. The first-order valence-corrected chi connectivity index (χ1v) is 8.20. The minimum absolute atomic E-state index is 0.117. The van der Waals surface area contributed by atoms with E-state index in [4.69, 9.17) is 0 Å². The van der Waals surface area contributed by atoms with Crippen LogP contribution in [0.2, 0.25) is 0 Å². The molecule has 8 heteroatoms. The molecular weight excluding hydrogens is 313 g/mol. The molecule has 2 heterocycles. The SMILES string of the molecule is C[NH+]1CCN(NC(=O)N[C@@H]2CC(=O)N(c3cccc(F)c3)C2)CC1. The monoisotopic (exact) mass is 336 g/mol. The van der Waals surface area contributed by atoms with Gasteiger partial charge in [-0.3, -0.25) is 10.2 Å². The number of nitrogens with one attached hydrogen (secondary N) is 3. The van der Waals surface area contributed by atoms with Crippen LogP contribution in [0.3, 0.4) is 0 Å². The summed E-state index contributed by atoms with van der Waals surface area (Å²) in [6.45, 7) is 3.92. The second kappa shape index (κ2) is 7.14. The van der Waals surface area contributed by atoms with Crippen molar-refractivity contribution in [2.45, 2.75) is 12.5 Å². The zero-order valence-corrected chi connectivity index (χ0v) is 13.7. The first-order valence-electron chi connectivity index (χ1n) is 8.20. The van der Waals surface area contributed by atoms with E-state index in [0.29, 0.717) is 12.2 Å². The van der Waals surface area contributed by atoms with Crippen molar-refractivity contribution in [1.82, 2.24) is 15.8 Å². The van der Waals surface area contributed by atoms with Crippen LogP contribution in [0, 0.1) is 5.82 Å². The van der Waals surface area contributed by atoms with E-state index in [2.05, 4.69) is 17.8 Å². The molecule has 0 unspecified atom stereocenters. The van der Waals surface area contributed by atoms with Gasteiger partial charge in [0.05, 0.1) is 39.3 Å². The molecule has 0 spiro atoms. The van der Waals surface area contributed by atoms with E-state index in [1.54, 1.807) is 12.1 Å². The zero-order chi connectivity index (χ0) is 17.1. The fourth-order valence-electron chi connectivity index (χ4n) is 3.06. The van der Waals surface area contributed by atoms with Gasteiger partial charge < -0.3 is 15.1 Å². The zero-order valence-electron chi connectivity index (χ0n) is 13.7. The van der Waals surface area contributed by atoms with Crippen molar-refractivity contribution in [1.29, 1.82) is 0 Å². The molecule has 0 saturated carbocycles. The van der Waals surface area contributed by atoms with Crippen molar-refractivity contribution in [2.75, 3.05) is 44.7 Å². The third-order valence-electron chi connectivity index (χ3n) is 4.46. The Morgan fingerprint density at radius 3 is 2.79 bits per heavy atom. The van der Waals surface area contributed by atoms with Gasteiger partial charge in [0.1, 0.15) is 5.82 Å². The summed E-state index contributed by atoms with van der Waals surface area (Å²) in [4.78, 5) is 27.2. The van der Waals surface area contributed by atoms with Crippen LogP contribution in [0.25, 0.3) is 0 Å². The summed E-state index contributed by atoms with van der Waals surface area (Å²) in [5.74, 6) is -0.499. The van der Waals surface area contributed by atoms with E-state index in [-0.39, 0.29) is 30.2 Å². The highest BCUT2D eigenvalue weighted by Gasteiger charge is 2.32. The average Bonchev–Trinajstić information content (AvgIpc) is 2.90. The maximum atomic E-state index is 13.3. The van der Waals surface area contributed by atoms with Crippen LogP contribution in [0.15, 0.2) is 24.3 Å². The van der Waals surface area contributed by atoms with Crippen LogP contribution in [-0.2, 0) is 4.79 Å². The Kier molecular flexibility index (Phi) is 4.96. The lowest BCUT2D eigenvalue weighted by Gasteiger charge is -2.30. The maximum absolute atomic E-state index is 13.3. The number of likely N-dealkylation sites (N-methyl/N-ethyl adjacent to an activating group) is 1. The van der Waals surface area contributed by atoms with E-state index in [1.807, 2.05) is 5.01 Å². The van der Waals surface area contributed by atoms with E-state index < -0.39 is 0 Å². The fraction of sp³-hybridized carbons (Fsp3) is 0.500. The molecule has 1 atom stereocenters. The number of hydrogen-bond donors (Lipinski definition) is 3. The second-order valence-electron chi connectivity index (χ2n) is 6.41. The third kappa shape index (κ3) is 4.01. The van der Waals surface area contributed by atoms with Crippen molar-refractivity contribution in [3.05, 3.63) is 30.1 Å². The Morgan fingerprint density at radius 2 is 2.08 bits per heavy atom. The van der Waals surface area contributed by atoms with E-state index in [0.717, 1.165) is 26.2 Å². The van der Waals surface area contributed by atoms with Crippen LogP contribution < -0.4 is 20.5 Å². The molecule has 2 fully saturated rings. The number of halogens is 1. The molecule has 7 nitrogen and oxygen atoms in total. The molecule has 0 aliphatic carbocycles. The number of benzene rings is 1. The van der Waals surface area contributed by atoms with Gasteiger partial charge in [0, 0.05) is 18.7 Å². The number of hydrogen-bond acceptors (Lipinski definition) is 3. The molecule has 3 N–H and O–H groups in total. The number of hydrazine groups is 1. The van der Waals surface area contributed by atoms with E-state index in [1.165, 1.54) is 21.9 Å². The summed E-state index contributed by atoms with van der Waals surface area (Å²) < 4.78 is 13.3. The number of urea groups is 1. The number of quaternary nitrogens is 1. The van der Waals surface area contributed by atoms with Crippen molar-refractivity contribution >= 4 is 17.6 Å². The number of anilines is 1. The van der Waals surface area contributed by atoms with Crippen LogP contribution in [-0.4, -0.2) is 62.8 Å². The predicted molar refractivity (Wildman–Crippen MR) is 87.0 cm³/mol. The van der Waals surface area contributed by atoms with E-state index >= 15 is 0 Å². The molecule has 0 radical (unpaired) electrons. The summed E-state index contributed by atoms with van der Waals surface area (Å²) >= 11 is 0. The summed E-state index contributed by atoms with van der Waals surface area (Å²) in [6, 6.07) is 5.35. The minimum Gasteiger partial charge on any atom is -0.335 e. The highest BCUT2D eigenvalue weighted by molar-refractivity contribution is 5.96. The van der Waals surface area contributed by atoms with Gasteiger partial charge in [-0.15, -0.1) is 0 Å². The highest BCUT2D eigenvalue weighted by Crippen LogP contribution is 2.22.